The van der Waals surface area contributed by atoms with E-state index >= 15 is 8.78 Å². The Balaban J connectivity index is 0.756. The summed E-state index contributed by atoms with van der Waals surface area (Å²) in [5.74, 6) is -1.88. The van der Waals surface area contributed by atoms with Gasteiger partial charge in [-0.2, -0.15) is 4.98 Å². The van der Waals surface area contributed by atoms with Crippen molar-refractivity contribution in [2.45, 2.75) is 108 Å². The lowest BCUT2D eigenvalue weighted by Crippen LogP contribution is -2.54. The van der Waals surface area contributed by atoms with Gasteiger partial charge in [0.1, 0.15) is 23.1 Å². The van der Waals surface area contributed by atoms with Gasteiger partial charge in [0.05, 0.1) is 30.5 Å². The number of anilines is 3. The lowest BCUT2D eigenvalue weighted by molar-refractivity contribution is -0.137. The first-order chi connectivity index (χ1) is 31.2. The molecule has 5 aliphatic rings. The Morgan fingerprint density at radius 2 is 1.80 bits per heavy atom. The summed E-state index contributed by atoms with van der Waals surface area (Å²) in [6.07, 6.45) is 4.42. The summed E-state index contributed by atoms with van der Waals surface area (Å²) in [5.41, 5.74) is 1.89. The van der Waals surface area contributed by atoms with E-state index in [1.165, 1.54) is 18.0 Å². The molecule has 1 saturated carbocycles. The van der Waals surface area contributed by atoms with Gasteiger partial charge in [-0.15, -0.1) is 0 Å². The molecule has 2 aromatic carbocycles. The first kappa shape index (κ1) is 44.5. The van der Waals surface area contributed by atoms with Crippen molar-refractivity contribution in [3.05, 3.63) is 80.5 Å². The number of amides is 4. The van der Waals surface area contributed by atoms with Gasteiger partial charge in [-0.1, -0.05) is 11.6 Å². The molecule has 4 aliphatic heterocycles. The van der Waals surface area contributed by atoms with Crippen LogP contribution in [-0.4, -0.2) is 118 Å². The fourth-order valence-electron chi connectivity index (χ4n) is 9.86. The van der Waals surface area contributed by atoms with E-state index in [-0.39, 0.29) is 85.2 Å². The average Bonchev–Trinajstić information content (AvgIpc) is 3.60. The van der Waals surface area contributed by atoms with Crippen molar-refractivity contribution < 1.29 is 37.4 Å². The number of carbonyl (C=O) groups excluding carboxylic acids is 4. The zero-order valence-corrected chi connectivity index (χ0v) is 37.2. The van der Waals surface area contributed by atoms with E-state index in [4.69, 9.17) is 26.1 Å². The first-order valence-electron chi connectivity index (χ1n) is 22.3. The van der Waals surface area contributed by atoms with Crippen LogP contribution in [0.4, 0.5) is 26.2 Å². The maximum Gasteiger partial charge on any atom is 0.293 e. The standard InChI is InChI=1S/C46H52ClF2N9O7/c1-24(2)58-37-5-4-27(14-26(37)17-39(45(58)63)64-23-41(60)50-3)52-42-34(47)20-51-46(54-42)55-11-8-29(9-12-55)65-30-18-28(19-30)56-13-10-31(36(49)22-56)25-15-32-33(35(48)16-25)21-57(44(32)62)38-6-7-40(59)53-43(38)61/h4-5,14-17,20,24,28-31,36,38H,6-13,18-19,21-23H2,1-3H3,(H,50,60)(H,51,52,54)(H,53,59,61). The Labute approximate surface area is 379 Å². The highest BCUT2D eigenvalue weighted by Gasteiger charge is 2.43. The van der Waals surface area contributed by atoms with Crippen molar-refractivity contribution >= 4 is 63.6 Å². The number of hydrogen-bond acceptors (Lipinski definition) is 12. The molecule has 3 saturated heterocycles. The largest absolute Gasteiger partial charge is 0.478 e. The molecule has 3 unspecified atom stereocenters. The van der Waals surface area contributed by atoms with Gasteiger partial charge in [-0.25, -0.2) is 13.8 Å². The highest BCUT2D eigenvalue weighted by molar-refractivity contribution is 6.33. The molecule has 3 atom stereocenters. The lowest BCUT2D eigenvalue weighted by atomic mass is 9.82. The van der Waals surface area contributed by atoms with E-state index in [1.807, 2.05) is 32.0 Å². The molecule has 4 amide bonds. The number of likely N-dealkylation sites (tertiary alicyclic amines) is 1. The van der Waals surface area contributed by atoms with Gasteiger partial charge >= 0.3 is 0 Å². The predicted molar refractivity (Wildman–Crippen MR) is 238 cm³/mol. The zero-order chi connectivity index (χ0) is 45.7. The number of nitrogens with one attached hydrogen (secondary N) is 3. The van der Waals surface area contributed by atoms with Crippen LogP contribution in [0.5, 0.6) is 5.75 Å². The average molecular weight is 916 g/mol. The van der Waals surface area contributed by atoms with Crippen molar-refractivity contribution in [1.29, 1.82) is 0 Å². The number of rotatable bonds is 12. The Morgan fingerprint density at radius 1 is 1.02 bits per heavy atom. The minimum Gasteiger partial charge on any atom is -0.478 e. The van der Waals surface area contributed by atoms with Gasteiger partial charge < -0.3 is 34.5 Å². The second-order valence-electron chi connectivity index (χ2n) is 17.9. The molecule has 9 rings (SSSR count). The number of fused-ring (bicyclic) bond motifs is 2. The minimum absolute atomic E-state index is 0.0627. The van der Waals surface area contributed by atoms with Crippen LogP contribution >= 0.6 is 11.6 Å². The molecule has 19 heteroatoms. The maximum absolute atomic E-state index is 15.9. The molecule has 65 heavy (non-hydrogen) atoms. The fraction of sp³-hybridized carbons (Fsp3) is 0.500. The Morgan fingerprint density at radius 3 is 2.52 bits per heavy atom. The number of ether oxygens (including phenoxy) is 2. The number of aromatic nitrogens is 3. The number of alkyl halides is 1. The number of benzene rings is 2. The van der Waals surface area contributed by atoms with Crippen molar-refractivity contribution in [3.63, 3.8) is 0 Å². The number of likely N-dealkylation sites (N-methyl/N-ethyl adjacent to an activating group) is 1. The molecule has 3 N–H and O–H groups in total. The number of halogens is 3. The van der Waals surface area contributed by atoms with Crippen LogP contribution in [0.25, 0.3) is 10.9 Å². The Hall–Kier alpha value is -5.72. The first-order valence-corrected chi connectivity index (χ1v) is 22.7. The number of pyridine rings is 1. The van der Waals surface area contributed by atoms with E-state index < -0.39 is 41.7 Å². The molecule has 0 radical (unpaired) electrons. The highest BCUT2D eigenvalue weighted by Crippen LogP contribution is 2.40. The van der Waals surface area contributed by atoms with Gasteiger partial charge in [0.2, 0.25) is 17.8 Å². The molecule has 344 valence electrons. The van der Waals surface area contributed by atoms with Crippen LogP contribution in [-0.2, 0) is 25.7 Å². The van der Waals surface area contributed by atoms with E-state index in [1.54, 1.807) is 22.9 Å². The number of hydrogen-bond donors (Lipinski definition) is 3. The number of nitrogens with zero attached hydrogens (tertiary/aromatic N) is 6. The summed E-state index contributed by atoms with van der Waals surface area (Å²) in [5, 5.41) is 9.12. The SMILES string of the molecule is CNC(=O)COc1cc2cc(Nc3nc(N4CCC(OC5CC(N6CCC(c7cc(F)c8c(c7)C(=O)N(C7CCC(=O)NC7=O)C8)C(F)C6)C5)CC4)ncc3Cl)ccc2n(C(C)C)c1=O. The predicted octanol–water partition coefficient (Wildman–Crippen LogP) is 5.14. The van der Waals surface area contributed by atoms with Crippen molar-refractivity contribution in [3.8, 4) is 5.75 Å². The van der Waals surface area contributed by atoms with Gasteiger partial charge in [-0.05, 0) is 101 Å². The Bertz CT molecular complexity index is 2600. The lowest BCUT2D eigenvalue weighted by Gasteiger charge is -2.47. The summed E-state index contributed by atoms with van der Waals surface area (Å²) in [7, 11) is 1.50. The smallest absolute Gasteiger partial charge is 0.293 e. The fourth-order valence-corrected chi connectivity index (χ4v) is 10.0. The summed E-state index contributed by atoms with van der Waals surface area (Å²) in [6, 6.07) is 9.31. The number of carbonyl (C=O) groups is 4. The maximum atomic E-state index is 15.9. The van der Waals surface area contributed by atoms with Crippen LogP contribution in [0.1, 0.15) is 92.2 Å². The molecule has 2 aromatic heterocycles. The van der Waals surface area contributed by atoms with E-state index in [9.17, 15) is 24.0 Å². The van der Waals surface area contributed by atoms with Gasteiger partial charge in [0.25, 0.3) is 17.4 Å². The van der Waals surface area contributed by atoms with E-state index in [0.717, 1.165) is 31.1 Å². The summed E-state index contributed by atoms with van der Waals surface area (Å²) in [6.45, 7) is 5.69. The summed E-state index contributed by atoms with van der Waals surface area (Å²) in [4.78, 5) is 77.4. The van der Waals surface area contributed by atoms with Crippen molar-refractivity contribution in [2.75, 3.05) is 50.1 Å². The topological polar surface area (TPSA) is 180 Å². The van der Waals surface area contributed by atoms with Crippen molar-refractivity contribution in [1.82, 2.24) is 35.0 Å². The quantitative estimate of drug-likeness (QED) is 0.160. The normalized spacial score (nSPS) is 24.0. The third-order valence-corrected chi connectivity index (χ3v) is 13.7. The summed E-state index contributed by atoms with van der Waals surface area (Å²) < 4.78 is 45.1. The van der Waals surface area contributed by atoms with Crippen LogP contribution in [0.15, 0.2) is 47.4 Å². The zero-order valence-electron chi connectivity index (χ0n) is 36.5. The van der Waals surface area contributed by atoms with E-state index in [0.29, 0.717) is 59.6 Å². The monoisotopic (exact) mass is 915 g/mol. The molecule has 4 fully saturated rings. The molecule has 0 bridgehead atoms. The second kappa shape index (κ2) is 18.3. The third kappa shape index (κ3) is 8.99. The molecule has 16 nitrogen and oxygen atoms in total. The highest BCUT2D eigenvalue weighted by atomic mass is 35.5. The second-order valence-corrected chi connectivity index (χ2v) is 18.3. The van der Waals surface area contributed by atoms with Gasteiger partial charge in [0, 0.05) is 73.3 Å². The number of imide groups is 1. The minimum atomic E-state index is -1.24. The molecule has 4 aromatic rings. The molecule has 1 aliphatic carbocycles. The van der Waals surface area contributed by atoms with E-state index in [2.05, 4.69) is 30.7 Å². The number of piperidine rings is 3. The Kier molecular flexibility index (Phi) is 12.5. The van der Waals surface area contributed by atoms with Crippen LogP contribution < -0.4 is 31.1 Å². The summed E-state index contributed by atoms with van der Waals surface area (Å²) >= 11 is 6.58. The van der Waals surface area contributed by atoms with Gasteiger partial charge in [-0.3, -0.25) is 34.2 Å². The van der Waals surface area contributed by atoms with Crippen molar-refractivity contribution in [2.24, 2.45) is 0 Å². The van der Waals surface area contributed by atoms with Gasteiger partial charge in [0.15, 0.2) is 18.2 Å². The molecular formula is C46H52ClF2N9O7. The van der Waals surface area contributed by atoms with Crippen LogP contribution in [0.3, 0.4) is 0 Å². The molecular weight excluding hydrogens is 864 g/mol. The van der Waals surface area contributed by atoms with Crippen LogP contribution in [0, 0.1) is 5.82 Å². The molecule has 0 spiro atoms. The van der Waals surface area contributed by atoms with Crippen LogP contribution in [0.2, 0.25) is 5.02 Å². The molecule has 6 heterocycles. The third-order valence-electron chi connectivity index (χ3n) is 13.5.